The number of ether oxygens (including phenoxy) is 2. The van der Waals surface area contributed by atoms with Gasteiger partial charge >= 0.3 is 0 Å². The molecule has 5 rings (SSSR count). The zero-order chi connectivity index (χ0) is 20.9. The van der Waals surface area contributed by atoms with Gasteiger partial charge in [-0.2, -0.15) is 0 Å². The number of allylic oxidation sites excluding steroid dienone is 1. The summed E-state index contributed by atoms with van der Waals surface area (Å²) < 4.78 is 12.8. The van der Waals surface area contributed by atoms with E-state index in [-0.39, 0.29) is 17.1 Å². The van der Waals surface area contributed by atoms with Gasteiger partial charge in [-0.05, 0) is 29.7 Å². The lowest BCUT2D eigenvalue weighted by molar-refractivity contribution is 0.174. The Hall–Kier alpha value is -1.90. The third-order valence-electron chi connectivity index (χ3n) is 5.27. The number of aromatic nitrogens is 2. The lowest BCUT2D eigenvalue weighted by Crippen LogP contribution is -2.26. The number of thioether (sulfide) groups is 2. The molecule has 3 aromatic rings. The van der Waals surface area contributed by atoms with E-state index in [1.807, 2.05) is 30.0 Å². The second-order valence-corrected chi connectivity index (χ2v) is 11.7. The molecule has 0 atom stereocenters. The summed E-state index contributed by atoms with van der Waals surface area (Å²) >= 11 is 5.19. The third-order valence-corrected chi connectivity index (χ3v) is 8.99. The average molecular weight is 459 g/mol. The molecule has 1 aromatic carbocycles. The SMILES string of the molecule is C=CCn1c(SCc2ccc3c(c2)OCO3)nc2sc3c(c2c1=O)CC(C)(C)SC3. The van der Waals surface area contributed by atoms with Crippen LogP contribution in [0.2, 0.25) is 0 Å². The molecule has 156 valence electrons. The summed E-state index contributed by atoms with van der Waals surface area (Å²) in [6.07, 6.45) is 2.67. The number of hydrogen-bond donors (Lipinski definition) is 0. The minimum Gasteiger partial charge on any atom is -0.454 e. The van der Waals surface area contributed by atoms with Crippen LogP contribution in [0.1, 0.15) is 29.9 Å². The van der Waals surface area contributed by atoms with Crippen LogP contribution >= 0.6 is 34.9 Å². The molecule has 0 radical (unpaired) electrons. The number of hydrogen-bond acceptors (Lipinski definition) is 7. The van der Waals surface area contributed by atoms with E-state index in [9.17, 15) is 4.79 Å². The van der Waals surface area contributed by atoms with Gasteiger partial charge in [-0.1, -0.05) is 37.8 Å². The first kappa shape index (κ1) is 20.0. The number of fused-ring (bicyclic) bond motifs is 4. The molecule has 30 heavy (non-hydrogen) atoms. The summed E-state index contributed by atoms with van der Waals surface area (Å²) in [5.74, 6) is 3.19. The Morgan fingerprint density at radius 3 is 3.00 bits per heavy atom. The molecule has 2 aliphatic rings. The van der Waals surface area contributed by atoms with Crippen LogP contribution in [0.3, 0.4) is 0 Å². The first-order valence-corrected chi connectivity index (χ1v) is 12.6. The van der Waals surface area contributed by atoms with Crippen molar-refractivity contribution in [1.29, 1.82) is 0 Å². The molecule has 2 aliphatic heterocycles. The maximum Gasteiger partial charge on any atom is 0.263 e. The lowest BCUT2D eigenvalue weighted by atomic mass is 10.00. The normalized spacial score (nSPS) is 16.6. The second kappa shape index (κ2) is 7.66. The fourth-order valence-corrected chi connectivity index (χ4v) is 7.12. The van der Waals surface area contributed by atoms with Crippen molar-refractivity contribution in [3.8, 4) is 11.5 Å². The number of nitrogens with zero attached hydrogens (tertiary/aromatic N) is 2. The van der Waals surface area contributed by atoms with Crippen molar-refractivity contribution in [2.45, 2.75) is 48.2 Å². The molecule has 0 saturated heterocycles. The third kappa shape index (κ3) is 3.55. The van der Waals surface area contributed by atoms with Gasteiger partial charge in [0.2, 0.25) is 6.79 Å². The summed E-state index contributed by atoms with van der Waals surface area (Å²) in [6, 6.07) is 5.95. The van der Waals surface area contributed by atoms with Crippen molar-refractivity contribution in [3.05, 3.63) is 57.2 Å². The van der Waals surface area contributed by atoms with Crippen molar-refractivity contribution in [2.24, 2.45) is 0 Å². The average Bonchev–Trinajstić information content (AvgIpc) is 3.31. The first-order chi connectivity index (χ1) is 14.4. The highest BCUT2D eigenvalue weighted by Crippen LogP contribution is 2.44. The van der Waals surface area contributed by atoms with Crippen LogP contribution in [0.25, 0.3) is 10.2 Å². The molecule has 0 saturated carbocycles. The van der Waals surface area contributed by atoms with Crippen LogP contribution in [-0.2, 0) is 24.5 Å². The molecule has 0 unspecified atom stereocenters. The van der Waals surface area contributed by atoms with Gasteiger partial charge in [0.1, 0.15) is 4.83 Å². The van der Waals surface area contributed by atoms with E-state index >= 15 is 0 Å². The van der Waals surface area contributed by atoms with Crippen LogP contribution in [0.15, 0.2) is 40.8 Å². The summed E-state index contributed by atoms with van der Waals surface area (Å²) in [5, 5.41) is 1.54. The van der Waals surface area contributed by atoms with Crippen LogP contribution in [-0.4, -0.2) is 21.1 Å². The van der Waals surface area contributed by atoms with E-state index in [4.69, 9.17) is 14.5 Å². The van der Waals surface area contributed by atoms with E-state index in [1.54, 1.807) is 33.7 Å². The lowest BCUT2D eigenvalue weighted by Gasteiger charge is -2.28. The molecule has 0 spiro atoms. The summed E-state index contributed by atoms with van der Waals surface area (Å²) in [4.78, 5) is 20.6. The van der Waals surface area contributed by atoms with E-state index in [2.05, 4.69) is 20.4 Å². The summed E-state index contributed by atoms with van der Waals surface area (Å²) in [5.41, 5.74) is 2.35. The van der Waals surface area contributed by atoms with Crippen molar-refractivity contribution in [2.75, 3.05) is 6.79 Å². The molecule has 2 aromatic heterocycles. The van der Waals surface area contributed by atoms with Crippen molar-refractivity contribution in [3.63, 3.8) is 0 Å². The van der Waals surface area contributed by atoms with Crippen molar-refractivity contribution in [1.82, 2.24) is 9.55 Å². The minimum absolute atomic E-state index is 0.0493. The van der Waals surface area contributed by atoms with Gasteiger partial charge in [-0.25, -0.2) is 4.98 Å². The van der Waals surface area contributed by atoms with E-state index in [1.165, 1.54) is 10.4 Å². The highest BCUT2D eigenvalue weighted by Gasteiger charge is 2.31. The Morgan fingerprint density at radius 1 is 1.33 bits per heavy atom. The Morgan fingerprint density at radius 2 is 2.17 bits per heavy atom. The summed E-state index contributed by atoms with van der Waals surface area (Å²) in [7, 11) is 0. The molecule has 0 fully saturated rings. The molecule has 8 heteroatoms. The van der Waals surface area contributed by atoms with Crippen molar-refractivity contribution >= 4 is 45.1 Å². The maximum absolute atomic E-state index is 13.5. The van der Waals surface area contributed by atoms with Gasteiger partial charge in [0.15, 0.2) is 16.7 Å². The molecule has 0 bridgehead atoms. The molecular weight excluding hydrogens is 436 g/mol. The zero-order valence-electron chi connectivity index (χ0n) is 16.9. The Kier molecular flexibility index (Phi) is 5.11. The predicted molar refractivity (Wildman–Crippen MR) is 125 cm³/mol. The van der Waals surface area contributed by atoms with Crippen LogP contribution in [0.5, 0.6) is 11.5 Å². The standard InChI is InChI=1S/C22H22N2O3S3/c1-4-7-24-20(25)18-14-9-22(2,3)29-11-17(14)30-19(18)23-21(24)28-10-13-5-6-15-16(8-13)27-12-26-15/h4-6,8H,1,7,9-12H2,2-3H3. The highest BCUT2D eigenvalue weighted by atomic mass is 32.2. The van der Waals surface area contributed by atoms with E-state index in [0.717, 1.165) is 44.6 Å². The van der Waals surface area contributed by atoms with Gasteiger partial charge in [0.05, 0.1) is 5.39 Å². The monoisotopic (exact) mass is 458 g/mol. The number of benzene rings is 1. The quantitative estimate of drug-likeness (QED) is 0.296. The first-order valence-electron chi connectivity index (χ1n) is 9.76. The second-order valence-electron chi connectivity index (χ2n) is 7.98. The van der Waals surface area contributed by atoms with Gasteiger partial charge in [0, 0.05) is 27.7 Å². The number of rotatable bonds is 5. The fraction of sp³-hybridized carbons (Fsp3) is 0.364. The molecule has 0 amide bonds. The van der Waals surface area contributed by atoms with Crippen molar-refractivity contribution < 1.29 is 9.47 Å². The predicted octanol–water partition coefficient (Wildman–Crippen LogP) is 5.23. The molecular formula is C22H22N2O3S3. The van der Waals surface area contributed by atoms with E-state index in [0.29, 0.717) is 12.3 Å². The molecule has 0 N–H and O–H groups in total. The minimum atomic E-state index is 0.0493. The summed E-state index contributed by atoms with van der Waals surface area (Å²) in [6.45, 7) is 9.05. The van der Waals surface area contributed by atoms with Gasteiger partial charge in [-0.3, -0.25) is 9.36 Å². The number of thiophene rings is 1. The topological polar surface area (TPSA) is 53.4 Å². The Balaban J connectivity index is 1.52. The largest absolute Gasteiger partial charge is 0.454 e. The van der Waals surface area contributed by atoms with Crippen LogP contribution < -0.4 is 15.0 Å². The molecule has 5 nitrogen and oxygen atoms in total. The molecule has 0 aliphatic carbocycles. The van der Waals surface area contributed by atoms with Crippen LogP contribution in [0.4, 0.5) is 0 Å². The molecule has 4 heterocycles. The zero-order valence-corrected chi connectivity index (χ0v) is 19.3. The smallest absolute Gasteiger partial charge is 0.263 e. The van der Waals surface area contributed by atoms with Gasteiger partial charge in [0.25, 0.3) is 5.56 Å². The fourth-order valence-electron chi connectivity index (χ4n) is 3.79. The van der Waals surface area contributed by atoms with Gasteiger partial charge < -0.3 is 9.47 Å². The Labute approximate surface area is 187 Å². The maximum atomic E-state index is 13.5. The Bertz CT molecular complexity index is 1210. The van der Waals surface area contributed by atoms with Gasteiger partial charge in [-0.15, -0.1) is 29.7 Å². The van der Waals surface area contributed by atoms with E-state index < -0.39 is 0 Å². The highest BCUT2D eigenvalue weighted by molar-refractivity contribution is 8.00. The van der Waals surface area contributed by atoms with Crippen LogP contribution in [0, 0.1) is 0 Å².